The lowest BCUT2D eigenvalue weighted by atomic mass is 10.0. The van der Waals surface area contributed by atoms with Crippen LogP contribution in [0, 0.1) is 0 Å². The first-order valence-corrected chi connectivity index (χ1v) is 33.2. The second-order valence-corrected chi connectivity index (χ2v) is 22.0. The van der Waals surface area contributed by atoms with Crippen molar-refractivity contribution in [2.75, 3.05) is 13.2 Å². The highest BCUT2D eigenvalue weighted by atomic mass is 16.6. The van der Waals surface area contributed by atoms with Gasteiger partial charge in [-0.1, -0.05) is 298 Å². The predicted molar refractivity (Wildman–Crippen MR) is 339 cm³/mol. The third-order valence-corrected chi connectivity index (χ3v) is 14.3. The van der Waals surface area contributed by atoms with Gasteiger partial charge >= 0.3 is 17.9 Å². The van der Waals surface area contributed by atoms with Gasteiger partial charge in [-0.25, -0.2) is 0 Å². The van der Waals surface area contributed by atoms with E-state index in [-0.39, 0.29) is 31.1 Å². The van der Waals surface area contributed by atoms with Crippen molar-refractivity contribution in [2.24, 2.45) is 0 Å². The molecule has 0 amide bonds. The maximum Gasteiger partial charge on any atom is 0.306 e. The molecule has 0 rings (SSSR count). The molecule has 0 aromatic heterocycles. The summed E-state index contributed by atoms with van der Waals surface area (Å²) in [6.07, 6.45) is 88.4. The lowest BCUT2D eigenvalue weighted by Gasteiger charge is -2.18. The van der Waals surface area contributed by atoms with Gasteiger partial charge in [0.05, 0.1) is 0 Å². The lowest BCUT2D eigenvalue weighted by molar-refractivity contribution is -0.167. The average Bonchev–Trinajstić information content (AvgIpc) is 3.44. The van der Waals surface area contributed by atoms with Crippen LogP contribution in [0.3, 0.4) is 0 Å². The van der Waals surface area contributed by atoms with Crippen LogP contribution in [0.1, 0.15) is 323 Å². The molecule has 1 atom stereocenters. The van der Waals surface area contributed by atoms with Gasteiger partial charge in [-0.15, -0.1) is 0 Å². The zero-order chi connectivity index (χ0) is 56.4. The van der Waals surface area contributed by atoms with Gasteiger partial charge in [0.15, 0.2) is 6.10 Å². The zero-order valence-corrected chi connectivity index (χ0v) is 51.4. The number of ether oxygens (including phenoxy) is 3. The molecular formula is C72H124O6. The molecule has 0 heterocycles. The smallest absolute Gasteiger partial charge is 0.306 e. The summed E-state index contributed by atoms with van der Waals surface area (Å²) in [5.41, 5.74) is 0. The standard InChI is InChI=1S/C72H124O6/c1-4-7-10-13-16-19-22-25-28-31-33-35-36-38-39-41-44-47-50-53-56-59-62-65-71(74)77-68-69(67-76-70(73)64-61-58-55-52-49-46-43-30-27-24-21-18-15-12-9-6-3)78-72(75)66-63-60-57-54-51-48-45-42-40-37-34-32-29-26-23-20-17-14-11-8-5-2/h8,11,17,20,22,25-26,29,31,33-34,36-38,42,45,69H,4-7,9-10,12-16,18-19,21,23-24,27-28,30,32,35,39-41,43-44,46-68H2,1-3H3/b11-8-,20-17-,25-22-,29-26-,33-31-,37-34-,38-36-,45-42-. The topological polar surface area (TPSA) is 78.9 Å². The normalized spacial score (nSPS) is 12.7. The van der Waals surface area contributed by atoms with Gasteiger partial charge in [0.25, 0.3) is 0 Å². The summed E-state index contributed by atoms with van der Waals surface area (Å²) in [6, 6.07) is 0. The maximum absolute atomic E-state index is 12.9. The van der Waals surface area contributed by atoms with Crippen molar-refractivity contribution in [3.63, 3.8) is 0 Å². The van der Waals surface area contributed by atoms with Crippen molar-refractivity contribution >= 4 is 17.9 Å². The van der Waals surface area contributed by atoms with Crippen molar-refractivity contribution in [3.8, 4) is 0 Å². The molecule has 0 N–H and O–H groups in total. The SMILES string of the molecule is CC/C=C\C/C=C\C/C=C\C/C=C\C/C=C\CCCCCCCC(=O)OC(COC(=O)CCCCCCCCCC/C=C\C/C=C\C/C=C\CCCCCCC)COC(=O)CCCCCCCCCCCCCCCCCC. The molecule has 0 fully saturated rings. The molecule has 0 aliphatic rings. The Bertz CT molecular complexity index is 1530. The largest absolute Gasteiger partial charge is 0.462 e. The number of unbranched alkanes of at least 4 members (excludes halogenated alkanes) is 33. The van der Waals surface area contributed by atoms with E-state index in [9.17, 15) is 14.4 Å². The highest BCUT2D eigenvalue weighted by Gasteiger charge is 2.19. The minimum absolute atomic E-state index is 0.0857. The van der Waals surface area contributed by atoms with Gasteiger partial charge in [-0.3, -0.25) is 14.4 Å². The van der Waals surface area contributed by atoms with E-state index in [1.165, 1.54) is 154 Å². The van der Waals surface area contributed by atoms with E-state index in [0.29, 0.717) is 19.3 Å². The number of esters is 3. The van der Waals surface area contributed by atoms with Crippen molar-refractivity contribution in [2.45, 2.75) is 329 Å². The molecule has 0 bridgehead atoms. The first-order valence-electron chi connectivity index (χ1n) is 33.2. The second kappa shape index (κ2) is 65.8. The molecule has 0 saturated heterocycles. The molecule has 0 aromatic carbocycles. The maximum atomic E-state index is 12.9. The lowest BCUT2D eigenvalue weighted by Crippen LogP contribution is -2.30. The summed E-state index contributed by atoms with van der Waals surface area (Å²) in [4.78, 5) is 38.4. The second-order valence-electron chi connectivity index (χ2n) is 22.0. The fourth-order valence-corrected chi connectivity index (χ4v) is 9.36. The number of rotatable bonds is 60. The fourth-order valence-electron chi connectivity index (χ4n) is 9.36. The summed E-state index contributed by atoms with van der Waals surface area (Å²) in [6.45, 7) is 6.53. The molecule has 0 spiro atoms. The molecule has 0 aliphatic carbocycles. The zero-order valence-electron chi connectivity index (χ0n) is 51.4. The molecule has 0 radical (unpaired) electrons. The van der Waals surface area contributed by atoms with Gasteiger partial charge in [0.1, 0.15) is 13.2 Å². The first-order chi connectivity index (χ1) is 38.5. The highest BCUT2D eigenvalue weighted by Crippen LogP contribution is 2.16. The number of allylic oxidation sites excluding steroid dienone is 16. The van der Waals surface area contributed by atoms with Crippen LogP contribution in [-0.2, 0) is 28.6 Å². The monoisotopic (exact) mass is 1080 g/mol. The number of hydrogen-bond acceptors (Lipinski definition) is 6. The number of carbonyl (C=O) groups is 3. The summed E-state index contributed by atoms with van der Waals surface area (Å²) >= 11 is 0. The fraction of sp³-hybridized carbons (Fsp3) is 0.736. The Morgan fingerprint density at radius 1 is 0.269 bits per heavy atom. The van der Waals surface area contributed by atoms with E-state index in [2.05, 4.69) is 118 Å². The summed E-state index contributed by atoms with van der Waals surface area (Å²) < 4.78 is 17.0. The van der Waals surface area contributed by atoms with Crippen LogP contribution in [0.4, 0.5) is 0 Å². The van der Waals surface area contributed by atoms with E-state index in [1.807, 2.05) is 0 Å². The van der Waals surface area contributed by atoms with E-state index in [1.54, 1.807) is 0 Å². The third kappa shape index (κ3) is 63.2. The highest BCUT2D eigenvalue weighted by molar-refractivity contribution is 5.71. The van der Waals surface area contributed by atoms with Crippen LogP contribution >= 0.6 is 0 Å². The summed E-state index contributed by atoms with van der Waals surface area (Å²) in [5.74, 6) is -0.899. The van der Waals surface area contributed by atoms with E-state index in [0.717, 1.165) is 128 Å². The minimum Gasteiger partial charge on any atom is -0.462 e. The Labute approximate surface area is 483 Å². The van der Waals surface area contributed by atoms with Crippen LogP contribution in [0.2, 0.25) is 0 Å². The van der Waals surface area contributed by atoms with Gasteiger partial charge in [-0.05, 0) is 103 Å². The summed E-state index contributed by atoms with van der Waals surface area (Å²) in [7, 11) is 0. The minimum atomic E-state index is -0.793. The molecule has 78 heavy (non-hydrogen) atoms. The summed E-state index contributed by atoms with van der Waals surface area (Å²) in [5, 5.41) is 0. The third-order valence-electron chi connectivity index (χ3n) is 14.3. The first kappa shape index (κ1) is 74.3. The van der Waals surface area contributed by atoms with Crippen molar-refractivity contribution < 1.29 is 28.6 Å². The van der Waals surface area contributed by atoms with E-state index < -0.39 is 6.10 Å². The Balaban J connectivity index is 4.42. The van der Waals surface area contributed by atoms with Gasteiger partial charge in [-0.2, -0.15) is 0 Å². The Morgan fingerprint density at radius 3 is 0.782 bits per heavy atom. The van der Waals surface area contributed by atoms with Gasteiger partial charge < -0.3 is 14.2 Å². The molecule has 0 aromatic rings. The Morgan fingerprint density at radius 2 is 0.500 bits per heavy atom. The Hall–Kier alpha value is -3.67. The molecule has 0 saturated carbocycles. The van der Waals surface area contributed by atoms with Crippen LogP contribution in [0.25, 0.3) is 0 Å². The quantitative estimate of drug-likeness (QED) is 0.0261. The van der Waals surface area contributed by atoms with Crippen molar-refractivity contribution in [1.82, 2.24) is 0 Å². The van der Waals surface area contributed by atoms with Gasteiger partial charge in [0, 0.05) is 19.3 Å². The van der Waals surface area contributed by atoms with E-state index >= 15 is 0 Å². The number of hydrogen-bond donors (Lipinski definition) is 0. The molecule has 0 aliphatic heterocycles. The van der Waals surface area contributed by atoms with E-state index in [4.69, 9.17) is 14.2 Å². The van der Waals surface area contributed by atoms with Crippen molar-refractivity contribution in [3.05, 3.63) is 97.2 Å². The van der Waals surface area contributed by atoms with Gasteiger partial charge in [0.2, 0.25) is 0 Å². The van der Waals surface area contributed by atoms with Crippen LogP contribution < -0.4 is 0 Å². The van der Waals surface area contributed by atoms with Crippen molar-refractivity contribution in [1.29, 1.82) is 0 Å². The van der Waals surface area contributed by atoms with Crippen LogP contribution in [0.15, 0.2) is 97.2 Å². The molecule has 448 valence electrons. The Kier molecular flexibility index (Phi) is 62.7. The number of carbonyl (C=O) groups excluding carboxylic acids is 3. The molecule has 6 heteroatoms. The van der Waals surface area contributed by atoms with Crippen LogP contribution in [-0.4, -0.2) is 37.2 Å². The molecule has 1 unspecified atom stereocenters. The predicted octanol–water partition coefficient (Wildman–Crippen LogP) is 22.8. The molecule has 6 nitrogen and oxygen atoms in total. The van der Waals surface area contributed by atoms with Crippen LogP contribution in [0.5, 0.6) is 0 Å². The molecular weight excluding hydrogens is 961 g/mol. The average molecular weight is 1090 g/mol.